The van der Waals surface area contributed by atoms with E-state index in [0.29, 0.717) is 5.17 Å². The average Bonchev–Trinajstić information content (AvgIpc) is 2.83. The molecule has 2 aliphatic rings. The summed E-state index contributed by atoms with van der Waals surface area (Å²) in [5.41, 5.74) is -0.491. The maximum atomic E-state index is 12.8. The second kappa shape index (κ2) is 6.10. The summed E-state index contributed by atoms with van der Waals surface area (Å²) in [5, 5.41) is 9.38. The van der Waals surface area contributed by atoms with E-state index in [2.05, 4.69) is 10.4 Å². The van der Waals surface area contributed by atoms with Crippen molar-refractivity contribution in [3.05, 3.63) is 0 Å². The normalized spacial score (nSPS) is 20.8. The van der Waals surface area contributed by atoms with Gasteiger partial charge in [0.1, 0.15) is 4.87 Å². The van der Waals surface area contributed by atoms with E-state index in [1.54, 1.807) is 30.9 Å². The lowest BCUT2D eigenvalue weighted by Crippen LogP contribution is -2.49. The van der Waals surface area contributed by atoms with E-state index in [-0.39, 0.29) is 16.8 Å². The summed E-state index contributed by atoms with van der Waals surface area (Å²) in [6.45, 7) is 5.73. The highest BCUT2D eigenvalue weighted by molar-refractivity contribution is 8.15. The molecule has 2 rings (SSSR count). The molecular weight excluding hydrogens is 300 g/mol. The Bertz CT molecular complexity index is 492. The molecule has 0 radical (unpaired) electrons. The number of amidine groups is 1. The Labute approximate surface area is 136 Å². The predicted molar refractivity (Wildman–Crippen MR) is 89.4 cm³/mol. The second-order valence-corrected chi connectivity index (χ2v) is 8.30. The largest absolute Gasteiger partial charge is 0.341 e. The zero-order valence-corrected chi connectivity index (χ0v) is 14.9. The van der Waals surface area contributed by atoms with Crippen LogP contribution in [0.1, 0.15) is 52.9 Å². The third-order valence-electron chi connectivity index (χ3n) is 4.13. The van der Waals surface area contributed by atoms with Crippen LogP contribution in [0.25, 0.3) is 0 Å². The SMILES string of the molecule is CNC(=O)N(C)C1=NN(C(=O)C(C)(C)C)C2(CCCCC2)S1. The summed E-state index contributed by atoms with van der Waals surface area (Å²) in [7, 11) is 3.28. The Morgan fingerprint density at radius 3 is 2.36 bits per heavy atom. The van der Waals surface area contributed by atoms with E-state index >= 15 is 0 Å². The first-order valence-corrected chi connectivity index (χ1v) is 8.61. The lowest BCUT2D eigenvalue weighted by Gasteiger charge is -2.40. The van der Waals surface area contributed by atoms with Crippen molar-refractivity contribution >= 4 is 28.9 Å². The molecule has 7 heteroatoms. The lowest BCUT2D eigenvalue weighted by molar-refractivity contribution is -0.143. The molecular formula is C15H26N4O2S. The molecule has 0 aromatic heterocycles. The molecule has 1 N–H and O–H groups in total. The molecule has 0 aromatic carbocycles. The maximum Gasteiger partial charge on any atom is 0.322 e. The van der Waals surface area contributed by atoms with Crippen LogP contribution in [0.4, 0.5) is 4.79 Å². The topological polar surface area (TPSA) is 65.0 Å². The van der Waals surface area contributed by atoms with Gasteiger partial charge in [-0.05, 0) is 12.8 Å². The average molecular weight is 326 g/mol. The van der Waals surface area contributed by atoms with Crippen LogP contribution in [0, 0.1) is 5.41 Å². The van der Waals surface area contributed by atoms with Gasteiger partial charge in [-0.15, -0.1) is 5.10 Å². The fourth-order valence-corrected chi connectivity index (χ4v) is 4.15. The lowest BCUT2D eigenvalue weighted by atomic mass is 9.90. The van der Waals surface area contributed by atoms with Gasteiger partial charge < -0.3 is 5.32 Å². The van der Waals surface area contributed by atoms with Crippen LogP contribution in [0.5, 0.6) is 0 Å². The monoisotopic (exact) mass is 326 g/mol. The number of carbonyl (C=O) groups excluding carboxylic acids is 2. The van der Waals surface area contributed by atoms with E-state index in [0.717, 1.165) is 25.7 Å². The molecule has 0 bridgehead atoms. The van der Waals surface area contributed by atoms with Crippen molar-refractivity contribution in [1.82, 2.24) is 15.2 Å². The van der Waals surface area contributed by atoms with E-state index in [4.69, 9.17) is 0 Å². The number of rotatable bonds is 0. The van der Waals surface area contributed by atoms with E-state index < -0.39 is 5.41 Å². The van der Waals surface area contributed by atoms with Crippen LogP contribution < -0.4 is 5.32 Å². The molecule has 6 nitrogen and oxygen atoms in total. The standard InChI is InChI=1S/C15H26N4O2S/c1-14(2,3)11(20)19-15(9-7-6-8-10-15)22-13(17-19)18(5)12(21)16-4/h6-10H2,1-5H3,(H,16,21). The van der Waals surface area contributed by atoms with Crippen LogP contribution in [0.2, 0.25) is 0 Å². The summed E-state index contributed by atoms with van der Waals surface area (Å²) >= 11 is 1.56. The molecule has 1 aliphatic heterocycles. The highest BCUT2D eigenvalue weighted by Crippen LogP contribution is 2.49. The fraction of sp³-hybridized carbons (Fsp3) is 0.800. The van der Waals surface area contributed by atoms with Gasteiger partial charge in [-0.25, -0.2) is 9.80 Å². The Hall–Kier alpha value is -1.24. The third-order valence-corrected chi connectivity index (χ3v) is 5.63. The van der Waals surface area contributed by atoms with Crippen molar-refractivity contribution in [2.24, 2.45) is 10.5 Å². The number of urea groups is 1. The van der Waals surface area contributed by atoms with Gasteiger partial charge in [-0.1, -0.05) is 51.8 Å². The zero-order chi connectivity index (χ0) is 16.5. The smallest absolute Gasteiger partial charge is 0.322 e. The summed E-state index contributed by atoms with van der Waals surface area (Å²) in [6, 6.07) is -0.220. The van der Waals surface area contributed by atoms with Gasteiger partial charge in [0.2, 0.25) is 5.91 Å². The molecule has 1 fully saturated rings. The highest BCUT2D eigenvalue weighted by atomic mass is 32.2. The van der Waals surface area contributed by atoms with Crippen molar-refractivity contribution in [1.29, 1.82) is 0 Å². The molecule has 124 valence electrons. The number of amides is 3. The van der Waals surface area contributed by atoms with Gasteiger partial charge in [-0.2, -0.15) is 0 Å². The molecule has 1 saturated carbocycles. The molecule has 0 saturated heterocycles. The Morgan fingerprint density at radius 1 is 1.27 bits per heavy atom. The summed E-state index contributed by atoms with van der Waals surface area (Å²) in [4.78, 5) is 25.9. The zero-order valence-electron chi connectivity index (χ0n) is 14.1. The van der Waals surface area contributed by atoms with E-state index in [1.807, 2.05) is 20.8 Å². The highest BCUT2D eigenvalue weighted by Gasteiger charge is 2.50. The quantitative estimate of drug-likeness (QED) is 0.744. The molecule has 1 heterocycles. The van der Waals surface area contributed by atoms with Gasteiger partial charge in [0, 0.05) is 19.5 Å². The number of hydrogen-bond donors (Lipinski definition) is 1. The first-order chi connectivity index (χ1) is 10.2. The summed E-state index contributed by atoms with van der Waals surface area (Å²) < 4.78 is 0. The minimum Gasteiger partial charge on any atom is -0.341 e. The number of nitrogens with zero attached hydrogens (tertiary/aromatic N) is 3. The van der Waals surface area contributed by atoms with Gasteiger partial charge in [0.05, 0.1) is 0 Å². The maximum absolute atomic E-state index is 12.8. The van der Waals surface area contributed by atoms with Crippen molar-refractivity contribution < 1.29 is 9.59 Å². The number of nitrogens with one attached hydrogen (secondary N) is 1. The molecule has 1 spiro atoms. The van der Waals surface area contributed by atoms with Crippen LogP contribution in [-0.4, -0.2) is 46.0 Å². The van der Waals surface area contributed by atoms with Gasteiger partial charge in [0.15, 0.2) is 5.17 Å². The van der Waals surface area contributed by atoms with Crippen LogP contribution in [0.3, 0.4) is 0 Å². The minimum absolute atomic E-state index is 0.0159. The van der Waals surface area contributed by atoms with Crippen LogP contribution >= 0.6 is 11.8 Å². The van der Waals surface area contributed by atoms with Crippen molar-refractivity contribution in [3.63, 3.8) is 0 Å². The number of hydrazone groups is 1. The van der Waals surface area contributed by atoms with Crippen molar-refractivity contribution in [2.75, 3.05) is 14.1 Å². The van der Waals surface area contributed by atoms with Crippen LogP contribution in [0.15, 0.2) is 5.10 Å². The number of carbonyl (C=O) groups is 2. The summed E-state index contributed by atoms with van der Waals surface area (Å²) in [6.07, 6.45) is 5.23. The Balaban J connectivity index is 2.33. The van der Waals surface area contributed by atoms with Crippen molar-refractivity contribution in [2.45, 2.75) is 57.7 Å². The molecule has 22 heavy (non-hydrogen) atoms. The fourth-order valence-electron chi connectivity index (χ4n) is 2.77. The number of thioether (sulfide) groups is 1. The van der Waals surface area contributed by atoms with E-state index in [9.17, 15) is 9.59 Å². The predicted octanol–water partition coefficient (Wildman–Crippen LogP) is 2.81. The molecule has 0 atom stereocenters. The van der Waals surface area contributed by atoms with Crippen molar-refractivity contribution in [3.8, 4) is 0 Å². The Kier molecular flexibility index (Phi) is 4.75. The third kappa shape index (κ3) is 3.09. The first kappa shape index (κ1) is 17.1. The molecule has 0 unspecified atom stereocenters. The summed E-state index contributed by atoms with van der Waals surface area (Å²) in [5.74, 6) is 0.0159. The van der Waals surface area contributed by atoms with Gasteiger partial charge >= 0.3 is 6.03 Å². The minimum atomic E-state index is -0.491. The molecule has 3 amide bonds. The van der Waals surface area contributed by atoms with Gasteiger partial charge in [-0.3, -0.25) is 9.69 Å². The second-order valence-electron chi connectivity index (χ2n) is 6.97. The van der Waals surface area contributed by atoms with Crippen LogP contribution in [-0.2, 0) is 4.79 Å². The van der Waals surface area contributed by atoms with Gasteiger partial charge in [0.25, 0.3) is 0 Å². The molecule has 1 aliphatic carbocycles. The van der Waals surface area contributed by atoms with E-state index in [1.165, 1.54) is 11.3 Å². The Morgan fingerprint density at radius 2 is 1.86 bits per heavy atom. The number of hydrogen-bond acceptors (Lipinski definition) is 4. The molecule has 0 aromatic rings. The first-order valence-electron chi connectivity index (χ1n) is 7.79.